The maximum Gasteiger partial charge on any atom is 0.161 e. The van der Waals surface area contributed by atoms with Crippen molar-refractivity contribution in [2.75, 3.05) is 13.2 Å². The van der Waals surface area contributed by atoms with Crippen LogP contribution < -0.4 is 9.47 Å². The minimum Gasteiger partial charge on any atom is -0.490 e. The van der Waals surface area contributed by atoms with Gasteiger partial charge in [-0.1, -0.05) is 24.0 Å². The predicted molar refractivity (Wildman–Crippen MR) is 83.2 cm³/mol. The Morgan fingerprint density at radius 3 is 1.65 bits per heavy atom. The van der Waals surface area contributed by atoms with E-state index in [4.69, 9.17) is 32.7 Å². The van der Waals surface area contributed by atoms with Crippen molar-refractivity contribution in [3.8, 4) is 34.1 Å². The molecule has 0 bridgehead atoms. The molecule has 0 N–H and O–H groups in total. The molecule has 20 heavy (non-hydrogen) atoms. The van der Waals surface area contributed by atoms with Gasteiger partial charge in [0.25, 0.3) is 0 Å². The number of halogens is 2. The van der Waals surface area contributed by atoms with E-state index in [1.165, 1.54) is 0 Å². The molecule has 0 saturated carbocycles. The highest BCUT2D eigenvalue weighted by Crippen LogP contribution is 2.26. The maximum absolute atomic E-state index is 5.68. The minimum atomic E-state index is 0.587. The molecule has 0 fully saturated rings. The predicted octanol–water partition coefficient (Wildman–Crippen LogP) is 4.40. The van der Waals surface area contributed by atoms with Crippen LogP contribution in [0.3, 0.4) is 0 Å². The van der Waals surface area contributed by atoms with E-state index in [0.717, 1.165) is 37.2 Å². The number of unbranched alkanes of at least 4 members (excludes halogenated alkanes) is 2. The molecule has 1 aromatic rings. The second-order valence-electron chi connectivity index (χ2n) is 3.89. The van der Waals surface area contributed by atoms with E-state index in [-0.39, 0.29) is 0 Å². The van der Waals surface area contributed by atoms with Crippen LogP contribution >= 0.6 is 23.2 Å². The van der Waals surface area contributed by atoms with Crippen LogP contribution in [-0.2, 0) is 0 Å². The van der Waals surface area contributed by atoms with Gasteiger partial charge in [0.2, 0.25) is 0 Å². The zero-order valence-electron chi connectivity index (χ0n) is 11.1. The average Bonchev–Trinajstić information content (AvgIpc) is 2.48. The molecule has 0 aromatic heterocycles. The summed E-state index contributed by atoms with van der Waals surface area (Å²) in [6.07, 6.45) is 3.12. The summed E-state index contributed by atoms with van der Waals surface area (Å²) in [7, 11) is 0. The first kappa shape index (κ1) is 16.6. The van der Waals surface area contributed by atoms with Gasteiger partial charge in [0.1, 0.15) is 0 Å². The van der Waals surface area contributed by atoms with Gasteiger partial charge in [0.05, 0.1) is 13.2 Å². The van der Waals surface area contributed by atoms with Gasteiger partial charge in [-0.3, -0.25) is 0 Å². The fourth-order valence-corrected chi connectivity index (χ4v) is 1.66. The third-order valence-electron chi connectivity index (χ3n) is 2.39. The van der Waals surface area contributed by atoms with Gasteiger partial charge >= 0.3 is 0 Å². The molecule has 0 radical (unpaired) electrons. The number of benzene rings is 1. The van der Waals surface area contributed by atoms with Crippen LogP contribution in [-0.4, -0.2) is 13.2 Å². The van der Waals surface area contributed by atoms with E-state index in [0.29, 0.717) is 13.2 Å². The molecule has 4 heteroatoms. The lowest BCUT2D eigenvalue weighted by Crippen LogP contribution is -2.02. The van der Waals surface area contributed by atoms with Gasteiger partial charge in [0.15, 0.2) is 11.5 Å². The first-order valence-electron chi connectivity index (χ1n) is 6.40. The van der Waals surface area contributed by atoms with Crippen molar-refractivity contribution < 1.29 is 9.47 Å². The molecule has 0 spiro atoms. The Labute approximate surface area is 130 Å². The van der Waals surface area contributed by atoms with Crippen molar-refractivity contribution in [2.45, 2.75) is 25.7 Å². The van der Waals surface area contributed by atoms with Gasteiger partial charge in [-0.2, -0.15) is 0 Å². The molecule has 0 aliphatic heterocycles. The van der Waals surface area contributed by atoms with Crippen LogP contribution in [0.15, 0.2) is 24.3 Å². The third kappa shape index (κ3) is 7.19. The summed E-state index contributed by atoms with van der Waals surface area (Å²) in [5.41, 5.74) is 0. The number of para-hydroxylation sites is 2. The fourth-order valence-electron chi connectivity index (χ4n) is 1.47. The number of rotatable bonds is 8. The van der Waals surface area contributed by atoms with Crippen molar-refractivity contribution in [2.24, 2.45) is 0 Å². The van der Waals surface area contributed by atoms with Crippen molar-refractivity contribution in [3.05, 3.63) is 24.3 Å². The Kier molecular flexibility index (Phi) is 9.41. The van der Waals surface area contributed by atoms with Crippen molar-refractivity contribution >= 4 is 23.2 Å². The van der Waals surface area contributed by atoms with E-state index in [9.17, 15) is 0 Å². The molecule has 0 aliphatic rings. The third-order valence-corrected chi connectivity index (χ3v) is 2.66. The number of hydrogen-bond acceptors (Lipinski definition) is 2. The summed E-state index contributed by atoms with van der Waals surface area (Å²) in [5, 5.41) is 4.69. The quantitative estimate of drug-likeness (QED) is 0.523. The number of ether oxygens (including phenoxy) is 2. The molecule has 1 aromatic carbocycles. The fraction of sp³-hybridized carbons (Fsp3) is 0.375. The number of hydrogen-bond donors (Lipinski definition) is 0. The van der Waals surface area contributed by atoms with Crippen LogP contribution in [0.25, 0.3) is 0 Å². The van der Waals surface area contributed by atoms with Crippen molar-refractivity contribution in [3.63, 3.8) is 0 Å². The Hall–Kier alpha value is -1.48. The minimum absolute atomic E-state index is 0.587. The average molecular weight is 311 g/mol. The lowest BCUT2D eigenvalue weighted by atomic mass is 10.3. The Balaban J connectivity index is 2.37. The molecule has 106 valence electrons. The van der Waals surface area contributed by atoms with Crippen LogP contribution in [0.1, 0.15) is 25.7 Å². The molecule has 0 heterocycles. The molecule has 2 nitrogen and oxygen atoms in total. The summed E-state index contributed by atoms with van der Waals surface area (Å²) in [5.74, 6) is 7.06. The molecular formula is C16H16Cl2O2. The standard InChI is InChI=1S/C16H16Cl2O2/c17-11-5-1-7-13-19-15-9-3-4-10-16(15)20-14-8-2-6-12-18/h3-4,9-10H,1-2,7-8,13-14H2. The highest BCUT2D eigenvalue weighted by atomic mass is 35.5. The van der Waals surface area contributed by atoms with Gasteiger partial charge in [-0.15, -0.1) is 0 Å². The van der Waals surface area contributed by atoms with E-state index in [2.05, 4.69) is 22.6 Å². The van der Waals surface area contributed by atoms with Crippen molar-refractivity contribution in [1.82, 2.24) is 0 Å². The highest BCUT2D eigenvalue weighted by Gasteiger charge is 2.03. The van der Waals surface area contributed by atoms with Crippen LogP contribution in [0.2, 0.25) is 0 Å². The van der Waals surface area contributed by atoms with Crippen LogP contribution in [0, 0.1) is 22.6 Å². The summed E-state index contributed by atoms with van der Waals surface area (Å²) in [4.78, 5) is 0. The Morgan fingerprint density at radius 1 is 0.800 bits per heavy atom. The van der Waals surface area contributed by atoms with Crippen molar-refractivity contribution in [1.29, 1.82) is 0 Å². The normalized spacial score (nSPS) is 8.90. The molecule has 0 amide bonds. The van der Waals surface area contributed by atoms with E-state index >= 15 is 0 Å². The lowest BCUT2D eigenvalue weighted by Gasteiger charge is -2.11. The monoisotopic (exact) mass is 310 g/mol. The summed E-state index contributed by atoms with van der Waals surface area (Å²) in [6.45, 7) is 1.17. The molecule has 0 atom stereocenters. The SMILES string of the molecule is ClC#CCCCOc1ccccc1OCCCC#CCl. The maximum atomic E-state index is 5.68. The molecular weight excluding hydrogens is 295 g/mol. The van der Waals surface area contributed by atoms with Gasteiger partial charge < -0.3 is 9.47 Å². The molecule has 0 saturated heterocycles. The summed E-state index contributed by atoms with van der Waals surface area (Å²) < 4.78 is 11.4. The first-order chi connectivity index (χ1) is 9.88. The second kappa shape index (κ2) is 11.4. The first-order valence-corrected chi connectivity index (χ1v) is 7.15. The van der Waals surface area contributed by atoms with E-state index < -0.39 is 0 Å². The van der Waals surface area contributed by atoms with Gasteiger partial charge in [-0.25, -0.2) is 0 Å². The van der Waals surface area contributed by atoms with E-state index in [1.807, 2.05) is 24.3 Å². The van der Waals surface area contributed by atoms with Gasteiger partial charge in [0, 0.05) is 23.6 Å². The Bertz CT molecular complexity index is 459. The van der Waals surface area contributed by atoms with Crippen LogP contribution in [0.4, 0.5) is 0 Å². The molecule has 0 aliphatic carbocycles. The zero-order valence-corrected chi connectivity index (χ0v) is 12.6. The highest BCUT2D eigenvalue weighted by molar-refractivity contribution is 6.30. The molecule has 0 unspecified atom stereocenters. The molecule has 1 rings (SSSR count). The van der Waals surface area contributed by atoms with Crippen LogP contribution in [0.5, 0.6) is 11.5 Å². The zero-order chi connectivity index (χ0) is 14.5. The summed E-state index contributed by atoms with van der Waals surface area (Å²) >= 11 is 10.6. The second-order valence-corrected chi connectivity index (χ2v) is 4.27. The largest absolute Gasteiger partial charge is 0.490 e. The Morgan fingerprint density at radius 2 is 1.25 bits per heavy atom. The summed E-state index contributed by atoms with van der Waals surface area (Å²) in [6, 6.07) is 7.61. The van der Waals surface area contributed by atoms with Gasteiger partial charge in [-0.05, 0) is 48.2 Å². The lowest BCUT2D eigenvalue weighted by molar-refractivity contribution is 0.264. The topological polar surface area (TPSA) is 18.5 Å². The smallest absolute Gasteiger partial charge is 0.161 e. The van der Waals surface area contributed by atoms with E-state index in [1.54, 1.807) is 0 Å².